The number of nitrogens with one attached hydrogen (secondary N) is 8. The van der Waals surface area contributed by atoms with Gasteiger partial charge in [0.1, 0.15) is 0 Å². The molecule has 0 aromatic carbocycles. The Kier molecular flexibility index (Phi) is 8.85. The summed E-state index contributed by atoms with van der Waals surface area (Å²) in [5.41, 5.74) is 6.98. The van der Waals surface area contributed by atoms with Crippen molar-refractivity contribution in [2.75, 3.05) is 0 Å². The first-order valence-electron chi connectivity index (χ1n) is 18.4. The van der Waals surface area contributed by atoms with E-state index in [1.54, 1.807) is 0 Å². The molecule has 9 rings (SSSR count). The van der Waals surface area contributed by atoms with Gasteiger partial charge in [-0.25, -0.2) is 0 Å². The third kappa shape index (κ3) is 5.14. The van der Waals surface area contributed by atoms with Crippen LogP contribution in [0.3, 0.4) is 0 Å². The van der Waals surface area contributed by atoms with Crippen LogP contribution in [0.25, 0.3) is 0 Å². The molecule has 8 bridgehead atoms. The van der Waals surface area contributed by atoms with Gasteiger partial charge in [-0.1, -0.05) is 38.5 Å². The van der Waals surface area contributed by atoms with Crippen LogP contribution in [0.15, 0.2) is 0 Å². The monoisotopic (exact) mass is 651 g/mol. The Labute approximate surface area is 274 Å². The second-order valence-corrected chi connectivity index (χ2v) is 16.1. The Balaban J connectivity index is 0.00000289. The van der Waals surface area contributed by atoms with Gasteiger partial charge in [-0.2, -0.15) is 5.26 Å². The quantitative estimate of drug-likeness (QED) is 0.188. The Hall–Kier alpha value is -0.364. The number of nitrogens with zero attached hydrogens (tertiary/aromatic N) is 1. The van der Waals surface area contributed by atoms with Crippen molar-refractivity contribution in [3.63, 3.8) is 0 Å². The van der Waals surface area contributed by atoms with E-state index in [2.05, 4.69) is 48.6 Å². The molecule has 0 aromatic rings. The average molecular weight is 652 g/mol. The molecular formula is C33H56CoN10. The van der Waals surface area contributed by atoms with E-state index >= 15 is 0 Å². The van der Waals surface area contributed by atoms with Gasteiger partial charge in [0, 0.05) is 28.7 Å². The van der Waals surface area contributed by atoms with Gasteiger partial charge in [0.2, 0.25) is 0 Å². The first-order valence-corrected chi connectivity index (χ1v) is 18.4. The number of hydrogen-bond donors (Lipinski definition) is 9. The van der Waals surface area contributed by atoms with Gasteiger partial charge in [0.05, 0.1) is 61.3 Å². The molecule has 18 atom stereocenters. The normalized spacial score (nSPS) is 56.4. The van der Waals surface area contributed by atoms with E-state index in [0.717, 1.165) is 12.8 Å². The molecule has 4 saturated carbocycles. The minimum absolute atomic E-state index is 0. The molecule has 5 heterocycles. The molecule has 44 heavy (non-hydrogen) atoms. The van der Waals surface area contributed by atoms with Crippen LogP contribution in [0.1, 0.15) is 89.9 Å². The van der Waals surface area contributed by atoms with E-state index in [0.29, 0.717) is 72.3 Å². The zero-order valence-electron chi connectivity index (χ0n) is 26.1. The van der Waals surface area contributed by atoms with Gasteiger partial charge in [-0.05, 0) is 92.8 Å². The van der Waals surface area contributed by atoms with E-state index < -0.39 is 0 Å². The van der Waals surface area contributed by atoms with Gasteiger partial charge in [-0.15, -0.1) is 0 Å². The maximum absolute atomic E-state index is 9.99. The molecule has 5 saturated heterocycles. The number of hydrogen-bond acceptors (Lipinski definition) is 10. The minimum Gasteiger partial charge on any atom is -0.326 e. The van der Waals surface area contributed by atoms with Crippen LogP contribution in [0, 0.1) is 64.6 Å². The number of rotatable bonds is 0. The summed E-state index contributed by atoms with van der Waals surface area (Å²) >= 11 is 0. The summed E-state index contributed by atoms with van der Waals surface area (Å²) in [6.07, 6.45) is 20.2. The molecule has 11 heteroatoms. The number of fused-ring (bicyclic) bond motifs is 20. The topological polar surface area (TPSA) is 146 Å². The molecule has 0 amide bonds. The van der Waals surface area contributed by atoms with Crippen molar-refractivity contribution in [3.05, 3.63) is 0 Å². The summed E-state index contributed by atoms with van der Waals surface area (Å²) in [6, 6.07) is 2.48. The molecule has 0 spiro atoms. The molecule has 5 aliphatic heterocycles. The van der Waals surface area contributed by atoms with Crippen LogP contribution in [0.4, 0.5) is 0 Å². The standard InChI is InChI=1S/C33H56N10.Co/c34-15-16-13-14-23-24(25(16)35)33-42-31-22-12-6-5-11-21(22)29(40-31)38-27-18-8-2-1-7-17(18)26(36-27)37-28-19-9-3-4-10-20(19)30(39-28)41-32(23)43-33;/h16-33,36-43H,1-14,35H2;. The first kappa shape index (κ1) is 30.9. The molecule has 0 aromatic heterocycles. The molecule has 10 nitrogen and oxygen atoms in total. The predicted octanol–water partition coefficient (Wildman–Crippen LogP) is 1.29. The Morgan fingerprint density at radius 2 is 0.705 bits per heavy atom. The fourth-order valence-corrected chi connectivity index (χ4v) is 12.3. The van der Waals surface area contributed by atoms with Crippen LogP contribution in [-0.4, -0.2) is 55.4 Å². The summed E-state index contributed by atoms with van der Waals surface area (Å²) in [6.45, 7) is 0. The minimum atomic E-state index is -0.100. The van der Waals surface area contributed by atoms with Gasteiger partial charge in [0.25, 0.3) is 0 Å². The summed E-state index contributed by atoms with van der Waals surface area (Å²) in [5.74, 6) is 4.61. The Morgan fingerprint density at radius 1 is 0.409 bits per heavy atom. The molecule has 9 aliphatic rings. The van der Waals surface area contributed by atoms with Gasteiger partial charge in [-0.3, -0.25) is 42.5 Å². The van der Waals surface area contributed by atoms with E-state index in [9.17, 15) is 5.26 Å². The average Bonchev–Trinajstić information content (AvgIpc) is 3.77. The van der Waals surface area contributed by atoms with Crippen molar-refractivity contribution in [1.29, 1.82) is 5.26 Å². The van der Waals surface area contributed by atoms with Gasteiger partial charge < -0.3 is 5.73 Å². The molecule has 10 N–H and O–H groups in total. The maximum atomic E-state index is 9.99. The molecule has 1 radical (unpaired) electrons. The zero-order chi connectivity index (χ0) is 28.7. The van der Waals surface area contributed by atoms with Crippen molar-refractivity contribution >= 4 is 0 Å². The largest absolute Gasteiger partial charge is 0.326 e. The van der Waals surface area contributed by atoms with Gasteiger partial charge in [0.15, 0.2) is 0 Å². The van der Waals surface area contributed by atoms with E-state index in [1.807, 2.05) is 0 Å². The Morgan fingerprint density at radius 3 is 1.02 bits per heavy atom. The maximum Gasteiger partial charge on any atom is 0.0672 e. The molecule has 9 fully saturated rings. The van der Waals surface area contributed by atoms with E-state index in [-0.39, 0.29) is 53.2 Å². The van der Waals surface area contributed by atoms with Crippen molar-refractivity contribution in [2.24, 2.45) is 59.0 Å². The molecule has 4 aliphatic carbocycles. The molecule has 247 valence electrons. The molecular weight excluding hydrogens is 595 g/mol. The number of nitriles is 1. The first-order chi connectivity index (χ1) is 21.2. The van der Waals surface area contributed by atoms with Crippen LogP contribution in [0.5, 0.6) is 0 Å². The van der Waals surface area contributed by atoms with Crippen LogP contribution in [-0.2, 0) is 16.8 Å². The fourth-order valence-electron chi connectivity index (χ4n) is 12.3. The summed E-state index contributed by atoms with van der Waals surface area (Å²) in [4.78, 5) is 0. The van der Waals surface area contributed by atoms with E-state index in [4.69, 9.17) is 5.73 Å². The SMILES string of the molecule is N#CC1CCC2C3NC4NC(NC5NC(NC6NC(NC(N3)C2C1N)C1CCCCC61)C1CCCCC51)C1CCCCC41.[Co]. The summed E-state index contributed by atoms with van der Waals surface area (Å²) in [7, 11) is 0. The second-order valence-electron chi connectivity index (χ2n) is 16.1. The summed E-state index contributed by atoms with van der Waals surface area (Å²) in [5, 5.41) is 43.2. The summed E-state index contributed by atoms with van der Waals surface area (Å²) < 4.78 is 0. The third-order valence-electron chi connectivity index (χ3n) is 14.3. The van der Waals surface area contributed by atoms with Crippen LogP contribution >= 0.6 is 0 Å². The van der Waals surface area contributed by atoms with Crippen molar-refractivity contribution < 1.29 is 16.8 Å². The third-order valence-corrected chi connectivity index (χ3v) is 14.3. The van der Waals surface area contributed by atoms with Gasteiger partial charge >= 0.3 is 0 Å². The second kappa shape index (κ2) is 12.6. The van der Waals surface area contributed by atoms with Crippen LogP contribution < -0.4 is 48.3 Å². The van der Waals surface area contributed by atoms with E-state index in [1.165, 1.54) is 77.0 Å². The fraction of sp³-hybridized carbons (Fsp3) is 0.970. The smallest absolute Gasteiger partial charge is 0.0672 e. The van der Waals surface area contributed by atoms with Crippen LogP contribution in [0.2, 0.25) is 0 Å². The van der Waals surface area contributed by atoms with Crippen molar-refractivity contribution in [2.45, 2.75) is 145 Å². The zero-order valence-corrected chi connectivity index (χ0v) is 27.2. The van der Waals surface area contributed by atoms with Crippen molar-refractivity contribution in [3.8, 4) is 6.07 Å². The molecule has 18 unspecified atom stereocenters. The Bertz CT molecular complexity index is 1070. The number of nitrogens with two attached hydrogens (primary N) is 1. The predicted molar refractivity (Wildman–Crippen MR) is 165 cm³/mol. The van der Waals surface area contributed by atoms with Crippen molar-refractivity contribution in [1.82, 2.24) is 42.5 Å².